The van der Waals surface area contributed by atoms with E-state index in [1.165, 1.54) is 0 Å². The molecule has 2 aliphatic rings. The Morgan fingerprint density at radius 2 is 2.15 bits per heavy atom. The molecule has 4 nitrogen and oxygen atoms in total. The van der Waals surface area contributed by atoms with E-state index in [9.17, 15) is 0 Å². The van der Waals surface area contributed by atoms with Crippen molar-refractivity contribution in [1.29, 1.82) is 0 Å². The molecule has 2 unspecified atom stereocenters. The van der Waals surface area contributed by atoms with Gasteiger partial charge in [-0.2, -0.15) is 0 Å². The van der Waals surface area contributed by atoms with Gasteiger partial charge in [0.2, 0.25) is 0 Å². The molecule has 0 radical (unpaired) electrons. The van der Waals surface area contributed by atoms with Crippen LogP contribution in [-0.4, -0.2) is 25.9 Å². The van der Waals surface area contributed by atoms with Crippen molar-refractivity contribution in [2.75, 3.05) is 14.2 Å². The Labute approximate surface area is 120 Å². The van der Waals surface area contributed by atoms with Crippen molar-refractivity contribution in [2.24, 2.45) is 5.73 Å². The van der Waals surface area contributed by atoms with Gasteiger partial charge >= 0.3 is 0 Å². The van der Waals surface area contributed by atoms with Crippen LogP contribution in [0.15, 0.2) is 18.2 Å². The van der Waals surface area contributed by atoms with Crippen LogP contribution in [0.1, 0.15) is 43.7 Å². The monoisotopic (exact) mass is 277 g/mol. The van der Waals surface area contributed by atoms with Crippen LogP contribution < -0.4 is 15.2 Å². The van der Waals surface area contributed by atoms with Gasteiger partial charge in [0.1, 0.15) is 17.1 Å². The first kappa shape index (κ1) is 13.7. The minimum Gasteiger partial charge on any atom is -0.497 e. The maximum absolute atomic E-state index is 6.39. The lowest BCUT2D eigenvalue weighted by molar-refractivity contribution is -0.0578. The highest BCUT2D eigenvalue weighted by Crippen LogP contribution is 2.46. The minimum absolute atomic E-state index is 0.00413. The Hall–Kier alpha value is -1.26. The highest BCUT2D eigenvalue weighted by molar-refractivity contribution is 5.44. The second-order valence-corrected chi connectivity index (χ2v) is 5.95. The third kappa shape index (κ3) is 2.38. The molecule has 1 saturated carbocycles. The summed E-state index contributed by atoms with van der Waals surface area (Å²) in [6.45, 7) is 0. The summed E-state index contributed by atoms with van der Waals surface area (Å²) in [4.78, 5) is 0. The normalized spacial score (nSPS) is 32.5. The highest BCUT2D eigenvalue weighted by atomic mass is 16.5. The molecule has 1 aliphatic carbocycles. The number of fused-ring (bicyclic) bond motifs is 1. The second kappa shape index (κ2) is 5.26. The van der Waals surface area contributed by atoms with Crippen LogP contribution >= 0.6 is 0 Å². The van der Waals surface area contributed by atoms with Crippen LogP contribution in [0.5, 0.6) is 11.5 Å². The average molecular weight is 277 g/mol. The van der Waals surface area contributed by atoms with Gasteiger partial charge in [-0.15, -0.1) is 0 Å². The molecule has 2 N–H and O–H groups in total. The largest absolute Gasteiger partial charge is 0.497 e. The zero-order valence-electron chi connectivity index (χ0n) is 12.2. The molecule has 3 rings (SSSR count). The molecule has 4 heteroatoms. The number of nitrogens with two attached hydrogens (primary N) is 1. The number of hydrogen-bond acceptors (Lipinski definition) is 4. The van der Waals surface area contributed by atoms with E-state index in [1.807, 2.05) is 18.2 Å². The molecule has 0 aromatic heterocycles. The van der Waals surface area contributed by atoms with E-state index in [2.05, 4.69) is 0 Å². The van der Waals surface area contributed by atoms with Crippen molar-refractivity contribution in [3.8, 4) is 11.5 Å². The van der Waals surface area contributed by atoms with Crippen molar-refractivity contribution < 1.29 is 14.2 Å². The summed E-state index contributed by atoms with van der Waals surface area (Å²) in [5, 5.41) is 0. The van der Waals surface area contributed by atoms with Gasteiger partial charge in [-0.05, 0) is 37.5 Å². The molecule has 110 valence electrons. The Morgan fingerprint density at radius 3 is 2.90 bits per heavy atom. The van der Waals surface area contributed by atoms with E-state index >= 15 is 0 Å². The fourth-order valence-corrected chi connectivity index (χ4v) is 3.57. The summed E-state index contributed by atoms with van der Waals surface area (Å²) in [6, 6.07) is 5.90. The maximum atomic E-state index is 6.39. The number of ether oxygens (including phenoxy) is 3. The molecular formula is C16H23NO3. The number of benzene rings is 1. The van der Waals surface area contributed by atoms with Crippen LogP contribution in [0.25, 0.3) is 0 Å². The standard InChI is InChI=1S/C16H23NO3/c1-18-11-5-6-15-13(8-11)14(17)10-16(20-15)7-3-4-12(9-16)19-2/h5-6,8,12,14H,3-4,7,9-10,17H2,1-2H3/t12?,14-,16?/m1/s1. The zero-order valence-corrected chi connectivity index (χ0v) is 12.2. The van der Waals surface area contributed by atoms with Crippen molar-refractivity contribution in [3.63, 3.8) is 0 Å². The molecule has 1 spiro atoms. The van der Waals surface area contributed by atoms with Gasteiger partial charge in [0, 0.05) is 31.6 Å². The van der Waals surface area contributed by atoms with Crippen LogP contribution in [0, 0.1) is 0 Å². The molecule has 1 fully saturated rings. The SMILES string of the molecule is COc1ccc2c(c1)[C@H](N)CC1(CCCC(OC)C1)O2. The Morgan fingerprint density at radius 1 is 1.30 bits per heavy atom. The lowest BCUT2D eigenvalue weighted by atomic mass is 9.76. The average Bonchev–Trinajstić information content (AvgIpc) is 2.47. The zero-order chi connectivity index (χ0) is 14.2. The van der Waals surface area contributed by atoms with Gasteiger partial charge < -0.3 is 19.9 Å². The van der Waals surface area contributed by atoms with Crippen molar-refractivity contribution in [1.82, 2.24) is 0 Å². The van der Waals surface area contributed by atoms with E-state index in [-0.39, 0.29) is 17.7 Å². The smallest absolute Gasteiger partial charge is 0.125 e. The summed E-state index contributed by atoms with van der Waals surface area (Å²) in [7, 11) is 3.45. The molecule has 1 aromatic rings. The van der Waals surface area contributed by atoms with Crippen LogP contribution in [0.2, 0.25) is 0 Å². The summed E-state index contributed by atoms with van der Waals surface area (Å²) in [6.07, 6.45) is 5.39. The van der Waals surface area contributed by atoms with E-state index in [1.54, 1.807) is 14.2 Å². The predicted octanol–water partition coefficient (Wildman–Crippen LogP) is 2.81. The van der Waals surface area contributed by atoms with Gasteiger partial charge in [0.05, 0.1) is 13.2 Å². The Bertz CT molecular complexity index is 491. The molecule has 0 saturated heterocycles. The van der Waals surface area contributed by atoms with Gasteiger partial charge in [0.15, 0.2) is 0 Å². The van der Waals surface area contributed by atoms with Gasteiger partial charge in [0.25, 0.3) is 0 Å². The molecular weight excluding hydrogens is 254 g/mol. The van der Waals surface area contributed by atoms with Crippen LogP contribution in [0.4, 0.5) is 0 Å². The third-order valence-electron chi connectivity index (χ3n) is 4.63. The second-order valence-electron chi connectivity index (χ2n) is 5.95. The fourth-order valence-electron chi connectivity index (χ4n) is 3.57. The summed E-state index contributed by atoms with van der Waals surface area (Å²) >= 11 is 0. The first-order valence-electron chi connectivity index (χ1n) is 7.31. The van der Waals surface area contributed by atoms with E-state index in [0.29, 0.717) is 0 Å². The molecule has 1 aromatic carbocycles. The van der Waals surface area contributed by atoms with Gasteiger partial charge in [-0.3, -0.25) is 0 Å². The van der Waals surface area contributed by atoms with E-state index in [4.69, 9.17) is 19.9 Å². The minimum atomic E-state index is -0.153. The molecule has 0 bridgehead atoms. The lowest BCUT2D eigenvalue weighted by Gasteiger charge is -2.45. The predicted molar refractivity (Wildman–Crippen MR) is 77.2 cm³/mol. The lowest BCUT2D eigenvalue weighted by Crippen LogP contribution is -2.48. The molecule has 1 heterocycles. The van der Waals surface area contributed by atoms with Crippen molar-refractivity contribution >= 4 is 0 Å². The van der Waals surface area contributed by atoms with Crippen molar-refractivity contribution in [2.45, 2.75) is 49.9 Å². The molecule has 1 aliphatic heterocycles. The topological polar surface area (TPSA) is 53.7 Å². The first-order chi connectivity index (χ1) is 9.65. The Kier molecular flexibility index (Phi) is 3.61. The highest BCUT2D eigenvalue weighted by Gasteiger charge is 2.43. The van der Waals surface area contributed by atoms with Gasteiger partial charge in [-0.1, -0.05) is 0 Å². The number of hydrogen-bond donors (Lipinski definition) is 1. The van der Waals surface area contributed by atoms with E-state index in [0.717, 1.165) is 49.2 Å². The van der Waals surface area contributed by atoms with Crippen LogP contribution in [0.3, 0.4) is 0 Å². The van der Waals surface area contributed by atoms with E-state index < -0.39 is 0 Å². The molecule has 0 amide bonds. The number of methoxy groups -OCH3 is 2. The summed E-state index contributed by atoms with van der Waals surface area (Å²) in [5.41, 5.74) is 7.28. The fraction of sp³-hybridized carbons (Fsp3) is 0.625. The maximum Gasteiger partial charge on any atom is 0.125 e. The third-order valence-corrected chi connectivity index (χ3v) is 4.63. The molecule has 3 atom stereocenters. The van der Waals surface area contributed by atoms with Crippen molar-refractivity contribution in [3.05, 3.63) is 23.8 Å². The number of rotatable bonds is 2. The quantitative estimate of drug-likeness (QED) is 0.903. The first-order valence-corrected chi connectivity index (χ1v) is 7.31. The van der Waals surface area contributed by atoms with Gasteiger partial charge in [-0.25, -0.2) is 0 Å². The Balaban J connectivity index is 1.88. The summed E-state index contributed by atoms with van der Waals surface area (Å²) < 4.78 is 17.2. The molecule has 20 heavy (non-hydrogen) atoms. The van der Waals surface area contributed by atoms with Crippen LogP contribution in [-0.2, 0) is 4.74 Å². The summed E-state index contributed by atoms with van der Waals surface area (Å²) in [5.74, 6) is 1.73.